The van der Waals surface area contributed by atoms with Crippen molar-refractivity contribution >= 4 is 22.8 Å². The van der Waals surface area contributed by atoms with E-state index in [4.69, 9.17) is 0 Å². The predicted molar refractivity (Wildman–Crippen MR) is 94.4 cm³/mol. The first kappa shape index (κ1) is 17.2. The second-order valence-electron chi connectivity index (χ2n) is 6.68. The fourth-order valence-electron chi connectivity index (χ4n) is 3.72. The van der Waals surface area contributed by atoms with Gasteiger partial charge in [-0.05, 0) is 25.0 Å². The van der Waals surface area contributed by atoms with Crippen molar-refractivity contribution in [1.82, 2.24) is 9.47 Å². The minimum absolute atomic E-state index is 0.00627. The Morgan fingerprint density at radius 1 is 1.16 bits per heavy atom. The van der Waals surface area contributed by atoms with Crippen LogP contribution in [0, 0.1) is 0 Å². The number of fused-ring (bicyclic) bond motifs is 1. The first-order chi connectivity index (χ1) is 12.0. The number of hydrogen-bond donors (Lipinski definition) is 1. The molecule has 1 aliphatic rings. The molecule has 0 bridgehead atoms. The molecule has 6 nitrogen and oxygen atoms in total. The van der Waals surface area contributed by atoms with Crippen molar-refractivity contribution < 1.29 is 14.7 Å². The Kier molecular flexibility index (Phi) is 4.61. The highest BCUT2D eigenvalue weighted by Gasteiger charge is 2.45. The van der Waals surface area contributed by atoms with Crippen LogP contribution in [0.25, 0.3) is 10.9 Å². The van der Waals surface area contributed by atoms with Gasteiger partial charge in [-0.1, -0.05) is 31.4 Å². The van der Waals surface area contributed by atoms with Crippen LogP contribution in [-0.2, 0) is 16.1 Å². The molecule has 0 atom stereocenters. The molecule has 3 rings (SSSR count). The number of hydrogen-bond acceptors (Lipinski definition) is 3. The molecule has 1 N–H and O–H groups in total. The van der Waals surface area contributed by atoms with Gasteiger partial charge in [0.25, 0.3) is 0 Å². The maximum Gasteiger partial charge on any atom is 0.329 e. The molecule has 6 heteroatoms. The van der Waals surface area contributed by atoms with E-state index in [1.54, 1.807) is 36.0 Å². The molecular weight excluding hydrogens is 320 g/mol. The van der Waals surface area contributed by atoms with Crippen molar-refractivity contribution in [2.75, 3.05) is 7.05 Å². The Balaban J connectivity index is 1.91. The maximum absolute atomic E-state index is 12.8. The van der Waals surface area contributed by atoms with Crippen molar-refractivity contribution in [3.05, 3.63) is 46.8 Å². The summed E-state index contributed by atoms with van der Waals surface area (Å²) in [5, 5.41) is 10.3. The quantitative estimate of drug-likeness (QED) is 0.924. The van der Waals surface area contributed by atoms with E-state index in [2.05, 4.69) is 0 Å². The molecule has 0 spiro atoms. The number of benzene rings is 1. The molecule has 2 aromatic rings. The van der Waals surface area contributed by atoms with Crippen LogP contribution in [-0.4, -0.2) is 39.0 Å². The van der Waals surface area contributed by atoms with Crippen LogP contribution in [0.3, 0.4) is 0 Å². The fraction of sp³-hybridized carbons (Fsp3) is 0.421. The number of rotatable bonds is 4. The number of aliphatic carboxylic acids is 1. The summed E-state index contributed by atoms with van der Waals surface area (Å²) in [6.07, 6.45) is 5.17. The lowest BCUT2D eigenvalue weighted by Gasteiger charge is -2.41. The van der Waals surface area contributed by atoms with Crippen LogP contribution in [0.5, 0.6) is 0 Å². The fourth-order valence-corrected chi connectivity index (χ4v) is 3.72. The van der Waals surface area contributed by atoms with Gasteiger partial charge in [0.15, 0.2) is 5.43 Å². The molecule has 1 saturated carbocycles. The molecule has 0 aliphatic heterocycles. The molecule has 1 amide bonds. The van der Waals surface area contributed by atoms with Crippen LogP contribution in [0.2, 0.25) is 0 Å². The smallest absolute Gasteiger partial charge is 0.329 e. The Labute approximate surface area is 145 Å². The summed E-state index contributed by atoms with van der Waals surface area (Å²) in [6.45, 7) is 0.00627. The van der Waals surface area contributed by atoms with E-state index in [9.17, 15) is 19.5 Å². The van der Waals surface area contributed by atoms with Crippen LogP contribution in [0.4, 0.5) is 0 Å². The maximum atomic E-state index is 12.8. The number of pyridine rings is 1. The van der Waals surface area contributed by atoms with E-state index in [1.165, 1.54) is 11.0 Å². The summed E-state index contributed by atoms with van der Waals surface area (Å²) in [6, 6.07) is 8.54. The summed E-state index contributed by atoms with van der Waals surface area (Å²) >= 11 is 0. The molecule has 132 valence electrons. The lowest BCUT2D eigenvalue weighted by atomic mass is 9.80. The number of nitrogens with zero attached hydrogens (tertiary/aromatic N) is 2. The monoisotopic (exact) mass is 342 g/mol. The summed E-state index contributed by atoms with van der Waals surface area (Å²) in [5.41, 5.74) is -0.545. The topological polar surface area (TPSA) is 79.6 Å². The lowest BCUT2D eigenvalue weighted by molar-refractivity contribution is -0.160. The molecular formula is C19H22N2O4. The number of carbonyl (C=O) groups is 2. The number of carbonyl (C=O) groups excluding carboxylic acids is 1. The average molecular weight is 342 g/mol. The van der Waals surface area contributed by atoms with E-state index >= 15 is 0 Å². The highest BCUT2D eigenvalue weighted by Crippen LogP contribution is 2.33. The highest BCUT2D eigenvalue weighted by molar-refractivity contribution is 5.88. The van der Waals surface area contributed by atoms with E-state index in [-0.39, 0.29) is 17.9 Å². The van der Waals surface area contributed by atoms with Crippen LogP contribution in [0.1, 0.15) is 32.1 Å². The van der Waals surface area contributed by atoms with Crippen molar-refractivity contribution in [1.29, 1.82) is 0 Å². The van der Waals surface area contributed by atoms with Gasteiger partial charge in [-0.15, -0.1) is 0 Å². The molecule has 1 aromatic heterocycles. The number of likely N-dealkylation sites (N-methyl/N-ethyl adjacent to an activating group) is 1. The second-order valence-corrected chi connectivity index (χ2v) is 6.68. The van der Waals surface area contributed by atoms with Gasteiger partial charge in [-0.3, -0.25) is 9.59 Å². The number of para-hydroxylation sites is 1. The van der Waals surface area contributed by atoms with E-state index in [0.29, 0.717) is 23.7 Å². The third-order valence-corrected chi connectivity index (χ3v) is 5.29. The average Bonchev–Trinajstić information content (AvgIpc) is 2.64. The molecule has 0 saturated heterocycles. The predicted octanol–water partition coefficient (Wildman–Crippen LogP) is 2.25. The SMILES string of the molecule is CN(C(=O)Cn1ccc(=O)c2ccccc21)C1(C(=O)O)CCCCC1. The number of carboxylic acid groups (broad SMARTS) is 1. The van der Waals surface area contributed by atoms with Gasteiger partial charge in [-0.2, -0.15) is 0 Å². The Bertz CT molecular complexity index is 865. The molecule has 1 aliphatic carbocycles. The van der Waals surface area contributed by atoms with Crippen molar-refractivity contribution in [3.8, 4) is 0 Å². The molecule has 1 fully saturated rings. The zero-order valence-electron chi connectivity index (χ0n) is 14.3. The van der Waals surface area contributed by atoms with Crippen molar-refractivity contribution in [2.24, 2.45) is 0 Å². The van der Waals surface area contributed by atoms with Gasteiger partial charge in [0.2, 0.25) is 5.91 Å². The summed E-state index contributed by atoms with van der Waals surface area (Å²) in [7, 11) is 1.58. The van der Waals surface area contributed by atoms with E-state index in [1.807, 2.05) is 6.07 Å². The lowest BCUT2D eigenvalue weighted by Crippen LogP contribution is -2.57. The molecule has 25 heavy (non-hydrogen) atoms. The van der Waals surface area contributed by atoms with Crippen LogP contribution >= 0.6 is 0 Å². The third-order valence-electron chi connectivity index (χ3n) is 5.29. The van der Waals surface area contributed by atoms with Gasteiger partial charge in [-0.25, -0.2) is 4.79 Å². The van der Waals surface area contributed by atoms with Crippen LogP contribution < -0.4 is 5.43 Å². The van der Waals surface area contributed by atoms with E-state index < -0.39 is 11.5 Å². The van der Waals surface area contributed by atoms with Crippen LogP contribution in [0.15, 0.2) is 41.3 Å². The largest absolute Gasteiger partial charge is 0.479 e. The third kappa shape index (κ3) is 3.04. The second kappa shape index (κ2) is 6.70. The molecule has 0 radical (unpaired) electrons. The zero-order chi connectivity index (χ0) is 18.0. The number of carboxylic acids is 1. The van der Waals surface area contributed by atoms with Crippen molar-refractivity contribution in [3.63, 3.8) is 0 Å². The first-order valence-electron chi connectivity index (χ1n) is 8.54. The van der Waals surface area contributed by atoms with Gasteiger partial charge in [0.05, 0.1) is 5.52 Å². The Morgan fingerprint density at radius 3 is 2.52 bits per heavy atom. The van der Waals surface area contributed by atoms with E-state index in [0.717, 1.165) is 19.3 Å². The summed E-state index contributed by atoms with van der Waals surface area (Å²) < 4.78 is 1.70. The number of amides is 1. The van der Waals surface area contributed by atoms with Gasteiger partial charge >= 0.3 is 5.97 Å². The minimum Gasteiger partial charge on any atom is -0.479 e. The van der Waals surface area contributed by atoms with Gasteiger partial charge in [0.1, 0.15) is 12.1 Å². The summed E-state index contributed by atoms with van der Waals surface area (Å²) in [5.74, 6) is -1.20. The Morgan fingerprint density at radius 2 is 1.84 bits per heavy atom. The van der Waals surface area contributed by atoms with Gasteiger partial charge in [0, 0.05) is 24.7 Å². The Hall–Kier alpha value is -2.63. The molecule has 1 aromatic carbocycles. The molecule has 0 unspecified atom stereocenters. The standard InChI is InChI=1S/C19H22N2O4/c1-20(19(18(24)25)10-5-2-6-11-19)17(23)13-21-12-9-16(22)14-7-3-4-8-15(14)21/h3-4,7-9,12H,2,5-6,10-11,13H2,1H3,(H,24,25). The number of aromatic nitrogens is 1. The zero-order valence-corrected chi connectivity index (χ0v) is 14.3. The van der Waals surface area contributed by atoms with Crippen molar-refractivity contribution in [2.45, 2.75) is 44.2 Å². The first-order valence-corrected chi connectivity index (χ1v) is 8.54. The summed E-state index contributed by atoms with van der Waals surface area (Å²) in [4.78, 5) is 38.0. The normalized spacial score (nSPS) is 16.5. The highest BCUT2D eigenvalue weighted by atomic mass is 16.4. The minimum atomic E-state index is -1.12. The molecule has 1 heterocycles. The van der Waals surface area contributed by atoms with Gasteiger partial charge < -0.3 is 14.6 Å².